The van der Waals surface area contributed by atoms with Crippen LogP contribution >= 0.6 is 34.8 Å². The molecular formula is C14H10Cl3FO. The molecule has 2 aromatic rings. The molecule has 1 atom stereocenters. The highest BCUT2D eigenvalue weighted by Crippen LogP contribution is 2.38. The molecule has 19 heavy (non-hydrogen) atoms. The molecule has 0 spiro atoms. The first-order valence-corrected chi connectivity index (χ1v) is 6.65. The second-order valence-electron chi connectivity index (χ2n) is 3.89. The Morgan fingerprint density at radius 2 is 1.84 bits per heavy atom. The molecule has 2 aromatic carbocycles. The predicted octanol–water partition coefficient (Wildman–Crippen LogP) is 5.47. The average Bonchev–Trinajstić information content (AvgIpc) is 2.41. The number of ether oxygens (including phenoxy) is 1. The van der Waals surface area contributed by atoms with Crippen molar-refractivity contribution >= 4 is 34.8 Å². The summed E-state index contributed by atoms with van der Waals surface area (Å²) in [6.07, 6.45) is 0. The fraction of sp³-hybridized carbons (Fsp3) is 0.143. The van der Waals surface area contributed by atoms with E-state index in [9.17, 15) is 4.39 Å². The predicted molar refractivity (Wildman–Crippen MR) is 77.1 cm³/mol. The zero-order chi connectivity index (χ0) is 14.0. The lowest BCUT2D eigenvalue weighted by molar-refractivity contribution is 0.414. The van der Waals surface area contributed by atoms with Gasteiger partial charge in [-0.05, 0) is 29.3 Å². The van der Waals surface area contributed by atoms with Crippen LogP contribution in [-0.2, 0) is 0 Å². The van der Waals surface area contributed by atoms with Gasteiger partial charge < -0.3 is 4.74 Å². The molecule has 1 nitrogen and oxygen atoms in total. The average molecular weight is 320 g/mol. The summed E-state index contributed by atoms with van der Waals surface area (Å²) < 4.78 is 18.5. The Morgan fingerprint density at radius 3 is 2.47 bits per heavy atom. The van der Waals surface area contributed by atoms with Crippen LogP contribution in [0.5, 0.6) is 5.75 Å². The Labute approximate surface area is 125 Å². The van der Waals surface area contributed by atoms with Crippen LogP contribution in [0, 0.1) is 5.82 Å². The molecule has 0 bridgehead atoms. The van der Waals surface area contributed by atoms with Gasteiger partial charge in [0.1, 0.15) is 11.6 Å². The summed E-state index contributed by atoms with van der Waals surface area (Å²) in [5.41, 5.74) is 1.13. The third-order valence-electron chi connectivity index (χ3n) is 2.74. The molecule has 0 aliphatic rings. The van der Waals surface area contributed by atoms with Gasteiger partial charge in [-0.25, -0.2) is 4.39 Å². The zero-order valence-corrected chi connectivity index (χ0v) is 12.2. The van der Waals surface area contributed by atoms with Crippen molar-refractivity contribution < 1.29 is 9.13 Å². The van der Waals surface area contributed by atoms with Crippen LogP contribution in [0.2, 0.25) is 10.0 Å². The van der Waals surface area contributed by atoms with Crippen LogP contribution in [0.25, 0.3) is 0 Å². The Bertz CT molecular complexity index is 601. The van der Waals surface area contributed by atoms with Gasteiger partial charge in [0, 0.05) is 5.02 Å². The van der Waals surface area contributed by atoms with E-state index in [0.717, 1.165) is 0 Å². The molecule has 1 unspecified atom stereocenters. The highest BCUT2D eigenvalue weighted by atomic mass is 35.5. The van der Waals surface area contributed by atoms with Crippen molar-refractivity contribution in [3.05, 3.63) is 63.4 Å². The summed E-state index contributed by atoms with van der Waals surface area (Å²) in [5, 5.41) is -0.171. The molecule has 2 rings (SSSR count). The lowest BCUT2D eigenvalue weighted by Crippen LogP contribution is -1.97. The summed E-state index contributed by atoms with van der Waals surface area (Å²) in [6, 6.07) is 9.64. The summed E-state index contributed by atoms with van der Waals surface area (Å²) in [7, 11) is 1.55. The quantitative estimate of drug-likeness (QED) is 0.682. The van der Waals surface area contributed by atoms with Crippen LogP contribution in [0.1, 0.15) is 16.5 Å². The van der Waals surface area contributed by atoms with Gasteiger partial charge in [-0.1, -0.05) is 41.4 Å². The Kier molecular flexibility index (Phi) is 4.56. The molecule has 0 N–H and O–H groups in total. The van der Waals surface area contributed by atoms with Gasteiger partial charge >= 0.3 is 0 Å². The molecule has 0 amide bonds. The fourth-order valence-corrected chi connectivity index (χ4v) is 2.72. The first-order valence-electron chi connectivity index (χ1n) is 5.46. The van der Waals surface area contributed by atoms with Crippen molar-refractivity contribution in [2.24, 2.45) is 0 Å². The van der Waals surface area contributed by atoms with Crippen LogP contribution in [0.4, 0.5) is 4.39 Å². The molecular weight excluding hydrogens is 310 g/mol. The van der Waals surface area contributed by atoms with Crippen LogP contribution in [0.15, 0.2) is 36.4 Å². The lowest BCUT2D eigenvalue weighted by Gasteiger charge is -2.14. The summed E-state index contributed by atoms with van der Waals surface area (Å²) in [5.74, 6) is 0.123. The van der Waals surface area contributed by atoms with E-state index in [1.807, 2.05) is 0 Å². The molecule has 0 aliphatic heterocycles. The number of hydrogen-bond acceptors (Lipinski definition) is 1. The van der Waals surface area contributed by atoms with Crippen LogP contribution in [0.3, 0.4) is 0 Å². The van der Waals surface area contributed by atoms with E-state index in [1.165, 1.54) is 6.07 Å². The number of rotatable bonds is 3. The zero-order valence-electron chi connectivity index (χ0n) is 9.96. The largest absolute Gasteiger partial charge is 0.497 e. The van der Waals surface area contributed by atoms with Gasteiger partial charge in [-0.15, -0.1) is 11.6 Å². The van der Waals surface area contributed by atoms with Crippen molar-refractivity contribution in [1.29, 1.82) is 0 Å². The van der Waals surface area contributed by atoms with Crippen molar-refractivity contribution in [2.75, 3.05) is 7.11 Å². The van der Waals surface area contributed by atoms with Gasteiger partial charge in [0.15, 0.2) is 0 Å². The van der Waals surface area contributed by atoms with Crippen molar-refractivity contribution in [3.63, 3.8) is 0 Å². The second-order valence-corrected chi connectivity index (χ2v) is 5.11. The summed E-state index contributed by atoms with van der Waals surface area (Å²) in [4.78, 5) is 0. The minimum atomic E-state index is -0.624. The summed E-state index contributed by atoms with van der Waals surface area (Å²) >= 11 is 18.4. The monoisotopic (exact) mass is 318 g/mol. The molecule has 0 saturated carbocycles. The van der Waals surface area contributed by atoms with Gasteiger partial charge in [-0.2, -0.15) is 0 Å². The maximum Gasteiger partial charge on any atom is 0.142 e. The fourth-order valence-electron chi connectivity index (χ4n) is 1.72. The third kappa shape index (κ3) is 2.97. The standard InChI is InChI=1S/C14H10Cl3FO/c1-19-8-5-6-9(11(15)7-8)13(16)10-3-2-4-12(18)14(10)17/h2-7,13H,1H3. The van der Waals surface area contributed by atoms with Crippen LogP contribution < -0.4 is 4.74 Å². The van der Waals surface area contributed by atoms with Crippen LogP contribution in [-0.4, -0.2) is 7.11 Å². The van der Waals surface area contributed by atoms with E-state index >= 15 is 0 Å². The maximum atomic E-state index is 13.4. The first-order chi connectivity index (χ1) is 9.04. The van der Waals surface area contributed by atoms with Gasteiger partial charge in [0.25, 0.3) is 0 Å². The highest BCUT2D eigenvalue weighted by Gasteiger charge is 2.19. The highest BCUT2D eigenvalue weighted by molar-refractivity contribution is 6.35. The molecule has 0 saturated heterocycles. The molecule has 0 heterocycles. The molecule has 0 aliphatic carbocycles. The van der Waals surface area contributed by atoms with Gasteiger partial charge in [0.2, 0.25) is 0 Å². The van der Waals surface area contributed by atoms with Gasteiger partial charge in [0.05, 0.1) is 17.5 Å². The maximum absolute atomic E-state index is 13.4. The SMILES string of the molecule is COc1ccc(C(Cl)c2cccc(F)c2Cl)c(Cl)c1. The Balaban J connectivity index is 2.44. The minimum Gasteiger partial charge on any atom is -0.497 e. The molecule has 0 aromatic heterocycles. The molecule has 100 valence electrons. The third-order valence-corrected chi connectivity index (χ3v) is 3.93. The second kappa shape index (κ2) is 6.00. The van der Waals surface area contributed by atoms with E-state index in [-0.39, 0.29) is 5.02 Å². The molecule has 5 heteroatoms. The van der Waals surface area contributed by atoms with E-state index in [2.05, 4.69) is 0 Å². The number of halogens is 4. The first kappa shape index (κ1) is 14.4. The van der Waals surface area contributed by atoms with Gasteiger partial charge in [-0.3, -0.25) is 0 Å². The van der Waals surface area contributed by atoms with Crippen molar-refractivity contribution in [3.8, 4) is 5.75 Å². The normalized spacial score (nSPS) is 12.3. The Morgan fingerprint density at radius 1 is 1.11 bits per heavy atom. The minimum absolute atomic E-state index is 0.00869. The van der Waals surface area contributed by atoms with Crippen molar-refractivity contribution in [1.82, 2.24) is 0 Å². The number of methoxy groups -OCH3 is 1. The number of hydrogen-bond donors (Lipinski definition) is 0. The number of alkyl halides is 1. The van der Waals surface area contributed by atoms with E-state index < -0.39 is 11.2 Å². The Hall–Kier alpha value is -0.960. The van der Waals surface area contributed by atoms with Crippen molar-refractivity contribution in [2.45, 2.75) is 5.38 Å². The van der Waals surface area contributed by atoms with E-state index in [0.29, 0.717) is 21.9 Å². The number of benzene rings is 2. The molecule has 0 fully saturated rings. The smallest absolute Gasteiger partial charge is 0.142 e. The summed E-state index contributed by atoms with van der Waals surface area (Å²) in [6.45, 7) is 0. The topological polar surface area (TPSA) is 9.23 Å². The van der Waals surface area contributed by atoms with E-state index in [4.69, 9.17) is 39.5 Å². The van der Waals surface area contributed by atoms with E-state index in [1.54, 1.807) is 37.4 Å². The molecule has 0 radical (unpaired) electrons. The lowest BCUT2D eigenvalue weighted by atomic mass is 10.0.